The van der Waals surface area contributed by atoms with E-state index < -0.39 is 11.6 Å². The molecule has 4 nitrogen and oxygen atoms in total. The quantitative estimate of drug-likeness (QED) is 0.936. The lowest BCUT2D eigenvalue weighted by Crippen LogP contribution is -2.21. The Labute approximate surface area is 114 Å². The first kappa shape index (κ1) is 13.2. The molecule has 0 aliphatic carbocycles. The van der Waals surface area contributed by atoms with Gasteiger partial charge >= 0.3 is 0 Å². The van der Waals surface area contributed by atoms with Gasteiger partial charge in [0, 0.05) is 24.7 Å². The summed E-state index contributed by atoms with van der Waals surface area (Å²) in [6, 6.07) is 5.32. The van der Waals surface area contributed by atoms with Crippen molar-refractivity contribution >= 4 is 0 Å². The molecule has 0 unspecified atom stereocenters. The monoisotopic (exact) mass is 280 g/mol. The minimum atomic E-state index is -0.908. The molecule has 106 valence electrons. The number of halogens is 2. The van der Waals surface area contributed by atoms with Crippen LogP contribution in [0.25, 0.3) is 11.3 Å². The van der Waals surface area contributed by atoms with Gasteiger partial charge in [-0.3, -0.25) is 4.90 Å². The summed E-state index contributed by atoms with van der Waals surface area (Å²) in [4.78, 5) is 2.06. The molecule has 2 aromatic rings. The van der Waals surface area contributed by atoms with Gasteiger partial charge in [-0.05, 0) is 24.6 Å². The summed E-state index contributed by atoms with van der Waals surface area (Å²) in [6.07, 6.45) is 0.466. The third kappa shape index (κ3) is 2.71. The highest BCUT2D eigenvalue weighted by atomic mass is 19.2. The summed E-state index contributed by atoms with van der Waals surface area (Å²) >= 11 is 0. The summed E-state index contributed by atoms with van der Waals surface area (Å²) in [5.41, 5.74) is 0.944. The lowest BCUT2D eigenvalue weighted by atomic mass is 10.1. The van der Waals surface area contributed by atoms with Gasteiger partial charge in [-0.1, -0.05) is 5.16 Å². The normalized spacial score (nSPS) is 19.6. The van der Waals surface area contributed by atoms with Crippen LogP contribution in [0.2, 0.25) is 0 Å². The van der Waals surface area contributed by atoms with Crippen LogP contribution in [0.3, 0.4) is 0 Å². The van der Waals surface area contributed by atoms with Crippen molar-refractivity contribution in [2.24, 2.45) is 0 Å². The first-order chi connectivity index (χ1) is 9.61. The van der Waals surface area contributed by atoms with E-state index in [1.54, 1.807) is 6.07 Å². The van der Waals surface area contributed by atoms with Crippen LogP contribution in [0.15, 0.2) is 28.8 Å². The molecule has 1 saturated heterocycles. The Balaban J connectivity index is 1.74. The minimum Gasteiger partial charge on any atom is -0.392 e. The maximum atomic E-state index is 13.2. The second kappa shape index (κ2) is 5.30. The van der Waals surface area contributed by atoms with E-state index in [0.717, 1.165) is 25.1 Å². The van der Waals surface area contributed by atoms with Gasteiger partial charge in [-0.25, -0.2) is 8.78 Å². The number of benzene rings is 1. The summed E-state index contributed by atoms with van der Waals surface area (Å²) in [5.74, 6) is -1.16. The van der Waals surface area contributed by atoms with Gasteiger partial charge in [0.05, 0.1) is 12.6 Å². The van der Waals surface area contributed by atoms with Crippen molar-refractivity contribution in [3.63, 3.8) is 0 Å². The van der Waals surface area contributed by atoms with Crippen LogP contribution in [-0.2, 0) is 6.54 Å². The van der Waals surface area contributed by atoms with E-state index in [2.05, 4.69) is 10.1 Å². The van der Waals surface area contributed by atoms with Crippen LogP contribution < -0.4 is 0 Å². The summed E-state index contributed by atoms with van der Waals surface area (Å²) in [5, 5.41) is 13.3. The third-order valence-corrected chi connectivity index (χ3v) is 3.40. The van der Waals surface area contributed by atoms with Gasteiger partial charge in [0.25, 0.3) is 0 Å². The topological polar surface area (TPSA) is 49.5 Å². The SMILES string of the molecule is O[C@H]1CCN(Cc2cc(-c3ccc(F)c(F)c3)no2)C1. The number of hydrogen-bond donors (Lipinski definition) is 1. The van der Waals surface area contributed by atoms with Crippen molar-refractivity contribution in [1.82, 2.24) is 10.1 Å². The van der Waals surface area contributed by atoms with E-state index >= 15 is 0 Å². The maximum Gasteiger partial charge on any atom is 0.159 e. The smallest absolute Gasteiger partial charge is 0.159 e. The van der Waals surface area contributed by atoms with E-state index in [-0.39, 0.29) is 6.10 Å². The summed E-state index contributed by atoms with van der Waals surface area (Å²) in [6.45, 7) is 1.97. The first-order valence-corrected chi connectivity index (χ1v) is 6.43. The van der Waals surface area contributed by atoms with Gasteiger partial charge < -0.3 is 9.63 Å². The molecule has 1 atom stereocenters. The Kier molecular flexibility index (Phi) is 3.50. The van der Waals surface area contributed by atoms with Crippen molar-refractivity contribution in [3.8, 4) is 11.3 Å². The zero-order chi connectivity index (χ0) is 14.1. The minimum absolute atomic E-state index is 0.288. The van der Waals surface area contributed by atoms with Gasteiger partial charge in [0.15, 0.2) is 17.4 Å². The number of β-amino-alcohol motifs (C(OH)–C–C–N with tert-alkyl or cyclic N) is 1. The van der Waals surface area contributed by atoms with E-state index in [1.807, 2.05) is 0 Å². The third-order valence-electron chi connectivity index (χ3n) is 3.40. The predicted molar refractivity (Wildman–Crippen MR) is 67.8 cm³/mol. The summed E-state index contributed by atoms with van der Waals surface area (Å²) < 4.78 is 31.2. The number of aromatic nitrogens is 1. The molecule has 0 saturated carbocycles. The number of aliphatic hydroxyl groups excluding tert-OH is 1. The van der Waals surface area contributed by atoms with E-state index in [9.17, 15) is 13.9 Å². The molecule has 1 aliphatic rings. The Morgan fingerprint density at radius 2 is 2.15 bits per heavy atom. The second-order valence-corrected chi connectivity index (χ2v) is 4.98. The average Bonchev–Trinajstić information content (AvgIpc) is 3.03. The summed E-state index contributed by atoms with van der Waals surface area (Å²) in [7, 11) is 0. The molecule has 0 amide bonds. The highest BCUT2D eigenvalue weighted by Crippen LogP contribution is 2.22. The Hall–Kier alpha value is -1.79. The Morgan fingerprint density at radius 1 is 1.30 bits per heavy atom. The molecular weight excluding hydrogens is 266 g/mol. The fourth-order valence-corrected chi connectivity index (χ4v) is 2.36. The molecule has 0 radical (unpaired) electrons. The molecule has 0 bridgehead atoms. The molecule has 1 aliphatic heterocycles. The number of hydrogen-bond acceptors (Lipinski definition) is 4. The molecule has 3 rings (SSSR count). The lowest BCUT2D eigenvalue weighted by molar-refractivity contribution is 0.170. The van der Waals surface area contributed by atoms with Crippen LogP contribution >= 0.6 is 0 Å². The van der Waals surface area contributed by atoms with E-state index in [4.69, 9.17) is 4.52 Å². The molecule has 6 heteroatoms. The van der Waals surface area contributed by atoms with Crippen molar-refractivity contribution in [2.45, 2.75) is 19.1 Å². The molecule has 1 fully saturated rings. The Morgan fingerprint density at radius 3 is 2.85 bits per heavy atom. The van der Waals surface area contributed by atoms with Gasteiger partial charge in [-0.15, -0.1) is 0 Å². The molecule has 1 aromatic carbocycles. The zero-order valence-corrected chi connectivity index (χ0v) is 10.7. The van der Waals surface area contributed by atoms with Crippen LogP contribution in [-0.4, -0.2) is 34.4 Å². The predicted octanol–water partition coefficient (Wildman–Crippen LogP) is 2.19. The molecule has 0 spiro atoms. The lowest BCUT2D eigenvalue weighted by Gasteiger charge is -2.11. The van der Waals surface area contributed by atoms with Crippen LogP contribution in [0.5, 0.6) is 0 Å². The molecule has 2 heterocycles. The van der Waals surface area contributed by atoms with E-state index in [1.165, 1.54) is 6.07 Å². The number of aliphatic hydroxyl groups is 1. The highest BCUT2D eigenvalue weighted by molar-refractivity contribution is 5.58. The fourth-order valence-electron chi connectivity index (χ4n) is 2.36. The molecule has 20 heavy (non-hydrogen) atoms. The first-order valence-electron chi connectivity index (χ1n) is 6.43. The second-order valence-electron chi connectivity index (χ2n) is 4.98. The maximum absolute atomic E-state index is 13.2. The number of likely N-dealkylation sites (tertiary alicyclic amines) is 1. The largest absolute Gasteiger partial charge is 0.392 e. The van der Waals surface area contributed by atoms with Crippen molar-refractivity contribution in [1.29, 1.82) is 0 Å². The van der Waals surface area contributed by atoms with Gasteiger partial charge in [0.1, 0.15) is 5.69 Å². The standard InChI is InChI=1S/C14H14F2N2O2/c15-12-2-1-9(5-13(12)16)14-6-11(20-17-14)8-18-4-3-10(19)7-18/h1-2,5-6,10,19H,3-4,7-8H2/t10-/m0/s1. The van der Waals surface area contributed by atoms with Crippen molar-refractivity contribution in [3.05, 3.63) is 41.7 Å². The van der Waals surface area contributed by atoms with Gasteiger partial charge in [0.2, 0.25) is 0 Å². The molecular formula is C14H14F2N2O2. The highest BCUT2D eigenvalue weighted by Gasteiger charge is 2.21. The van der Waals surface area contributed by atoms with E-state index in [0.29, 0.717) is 30.1 Å². The molecule has 1 aromatic heterocycles. The van der Waals surface area contributed by atoms with Crippen molar-refractivity contribution < 1.29 is 18.4 Å². The number of rotatable bonds is 3. The Bertz CT molecular complexity index is 615. The molecule has 1 N–H and O–H groups in total. The number of nitrogens with zero attached hydrogens (tertiary/aromatic N) is 2. The van der Waals surface area contributed by atoms with Crippen LogP contribution in [0.4, 0.5) is 8.78 Å². The van der Waals surface area contributed by atoms with Crippen LogP contribution in [0.1, 0.15) is 12.2 Å². The van der Waals surface area contributed by atoms with Crippen molar-refractivity contribution in [2.75, 3.05) is 13.1 Å². The van der Waals surface area contributed by atoms with Crippen LogP contribution in [0, 0.1) is 11.6 Å². The van der Waals surface area contributed by atoms with Gasteiger partial charge in [-0.2, -0.15) is 0 Å². The average molecular weight is 280 g/mol. The zero-order valence-electron chi connectivity index (χ0n) is 10.7. The fraction of sp³-hybridized carbons (Fsp3) is 0.357.